The summed E-state index contributed by atoms with van der Waals surface area (Å²) in [6.45, 7) is 9.37. The molecule has 0 radical (unpaired) electrons. The molecule has 12 nitrogen and oxygen atoms in total. The smallest absolute Gasteiger partial charge is 0.286 e. The van der Waals surface area contributed by atoms with E-state index in [1.165, 1.54) is 17.2 Å². The Morgan fingerprint density at radius 2 is 0.694 bits per heavy atom. The summed E-state index contributed by atoms with van der Waals surface area (Å²) in [7, 11) is -7.42. The molecule has 4 saturated heterocycles. The first-order chi connectivity index (χ1) is 17.2. The molecule has 4 fully saturated rings. The van der Waals surface area contributed by atoms with E-state index in [0.717, 1.165) is 25.7 Å². The highest BCUT2D eigenvalue weighted by molar-refractivity contribution is 7.87. The molecule has 0 unspecified atom stereocenters. The van der Waals surface area contributed by atoms with E-state index >= 15 is 0 Å². The van der Waals surface area contributed by atoms with Gasteiger partial charge in [0.2, 0.25) is 12.6 Å². The minimum atomic E-state index is -3.71. The molecule has 4 atom stereocenters. The molecule has 4 rings (SSSR count). The molecule has 4 aliphatic rings. The second kappa shape index (κ2) is 11.8. The topological polar surface area (TPSA) is 118 Å². The van der Waals surface area contributed by atoms with Gasteiger partial charge in [-0.2, -0.15) is 34.1 Å². The van der Waals surface area contributed by atoms with Crippen molar-refractivity contribution in [1.82, 2.24) is 17.2 Å². The maximum Gasteiger partial charge on any atom is 0.286 e. The lowest BCUT2D eigenvalue weighted by molar-refractivity contribution is -0.237. The van der Waals surface area contributed by atoms with E-state index in [1.54, 1.807) is 0 Å². The summed E-state index contributed by atoms with van der Waals surface area (Å²) in [5.74, 6) is 0. The number of unbranched alkanes of at least 4 members (excludes halogenated alkanes) is 4. The van der Waals surface area contributed by atoms with Crippen LogP contribution in [0.25, 0.3) is 0 Å². The Hall–Kier alpha value is -0.420. The lowest BCUT2D eigenvalue weighted by atomic mass is 10.3. The van der Waals surface area contributed by atoms with Crippen molar-refractivity contribution >= 4 is 20.4 Å². The Kier molecular flexibility index (Phi) is 9.34. The Bertz CT molecular complexity index is 816. The van der Waals surface area contributed by atoms with Gasteiger partial charge in [-0.25, -0.2) is 0 Å². The van der Waals surface area contributed by atoms with Crippen LogP contribution in [0.15, 0.2) is 0 Å². The molecular formula is C22H42N4O8S2. The summed E-state index contributed by atoms with van der Waals surface area (Å²) < 4.78 is 82.8. The third-order valence-electron chi connectivity index (χ3n) is 7.05. The summed E-state index contributed by atoms with van der Waals surface area (Å²) in [5.41, 5.74) is 0. The van der Waals surface area contributed by atoms with Gasteiger partial charge in [-0.3, -0.25) is 0 Å². The quantitative estimate of drug-likeness (QED) is 0.339. The fourth-order valence-corrected chi connectivity index (χ4v) is 8.64. The second-order valence-corrected chi connectivity index (χ2v) is 13.4. The van der Waals surface area contributed by atoms with Crippen molar-refractivity contribution in [3.63, 3.8) is 0 Å². The average molecular weight is 555 g/mol. The van der Waals surface area contributed by atoms with Crippen molar-refractivity contribution in [2.45, 2.75) is 117 Å². The first-order valence-corrected chi connectivity index (χ1v) is 16.2. The highest BCUT2D eigenvalue weighted by Crippen LogP contribution is 2.43. The highest BCUT2D eigenvalue weighted by atomic mass is 32.2. The van der Waals surface area contributed by atoms with Gasteiger partial charge in [0.1, 0.15) is 0 Å². The summed E-state index contributed by atoms with van der Waals surface area (Å²) in [5, 5.41) is 0. The Labute approximate surface area is 216 Å². The zero-order valence-electron chi connectivity index (χ0n) is 21.8. The molecule has 36 heavy (non-hydrogen) atoms. The summed E-state index contributed by atoms with van der Waals surface area (Å²) in [6.07, 6.45) is 1.05. The number of nitrogens with zero attached hydrogens (tertiary/aromatic N) is 4. The number of hydrogen-bond acceptors (Lipinski definition) is 8. The van der Waals surface area contributed by atoms with Gasteiger partial charge in [0.25, 0.3) is 20.4 Å². The van der Waals surface area contributed by atoms with E-state index in [4.69, 9.17) is 18.9 Å². The van der Waals surface area contributed by atoms with Crippen molar-refractivity contribution in [3.05, 3.63) is 0 Å². The van der Waals surface area contributed by atoms with Crippen LogP contribution in [-0.2, 0) is 39.4 Å². The maximum atomic E-state index is 13.2. The lowest BCUT2D eigenvalue weighted by Gasteiger charge is -2.27. The van der Waals surface area contributed by atoms with Crippen LogP contribution in [0.5, 0.6) is 0 Å². The lowest BCUT2D eigenvalue weighted by Crippen LogP contribution is -2.44. The molecule has 14 heteroatoms. The minimum absolute atomic E-state index is 0.337. The van der Waals surface area contributed by atoms with Gasteiger partial charge in [0, 0.05) is 26.2 Å². The summed E-state index contributed by atoms with van der Waals surface area (Å²) in [4.78, 5) is 0. The first-order valence-electron chi connectivity index (χ1n) is 13.4. The molecular weight excluding hydrogens is 512 g/mol. The SMILES string of the molecule is CCCCN1[C@@H]2OC(C3O[C@H]4[C@H](O3)N(CCCC)S(=O)(=O)N4CCCC)O[C@H]2N(CCCC)S1(=O)=O. The monoisotopic (exact) mass is 554 g/mol. The van der Waals surface area contributed by atoms with Crippen molar-refractivity contribution in [1.29, 1.82) is 0 Å². The van der Waals surface area contributed by atoms with Crippen LogP contribution in [0.3, 0.4) is 0 Å². The van der Waals surface area contributed by atoms with Crippen molar-refractivity contribution in [3.8, 4) is 0 Å². The third-order valence-corrected chi connectivity index (χ3v) is 11.0. The minimum Gasteiger partial charge on any atom is -0.324 e. The van der Waals surface area contributed by atoms with Gasteiger partial charge in [-0.05, 0) is 25.7 Å². The number of hydrogen-bond donors (Lipinski definition) is 0. The van der Waals surface area contributed by atoms with Crippen molar-refractivity contribution in [2.24, 2.45) is 0 Å². The van der Waals surface area contributed by atoms with E-state index < -0.39 is 57.9 Å². The molecule has 4 heterocycles. The van der Waals surface area contributed by atoms with Gasteiger partial charge >= 0.3 is 0 Å². The molecule has 0 saturated carbocycles. The fourth-order valence-electron chi connectivity index (χ4n) is 5.00. The van der Waals surface area contributed by atoms with E-state index in [9.17, 15) is 16.8 Å². The van der Waals surface area contributed by atoms with E-state index in [1.807, 2.05) is 27.7 Å². The fraction of sp³-hybridized carbons (Fsp3) is 1.00. The number of ether oxygens (including phenoxy) is 4. The van der Waals surface area contributed by atoms with Crippen molar-refractivity contribution < 1.29 is 35.8 Å². The van der Waals surface area contributed by atoms with Crippen molar-refractivity contribution in [2.75, 3.05) is 26.2 Å². The molecule has 210 valence electrons. The van der Waals surface area contributed by atoms with E-state index in [-0.39, 0.29) is 0 Å². The predicted octanol–water partition coefficient (Wildman–Crippen LogP) is 1.96. The third kappa shape index (κ3) is 5.10. The van der Waals surface area contributed by atoms with Crippen LogP contribution in [0.1, 0.15) is 79.1 Å². The molecule has 0 aromatic heterocycles. The van der Waals surface area contributed by atoms with E-state index in [2.05, 4.69) is 0 Å². The molecule has 0 aromatic carbocycles. The Morgan fingerprint density at radius 3 is 0.889 bits per heavy atom. The van der Waals surface area contributed by atoms with Crippen LogP contribution in [-0.4, -0.2) is 97.7 Å². The maximum absolute atomic E-state index is 13.2. The van der Waals surface area contributed by atoms with Gasteiger partial charge in [-0.1, -0.05) is 53.4 Å². The number of fused-ring (bicyclic) bond motifs is 2. The van der Waals surface area contributed by atoms with Crippen LogP contribution in [0.4, 0.5) is 0 Å². The zero-order chi connectivity index (χ0) is 26.1. The predicted molar refractivity (Wildman–Crippen MR) is 131 cm³/mol. The largest absolute Gasteiger partial charge is 0.324 e. The summed E-state index contributed by atoms with van der Waals surface area (Å²) in [6, 6.07) is 0. The molecule has 0 N–H and O–H groups in total. The van der Waals surface area contributed by atoms with Crippen LogP contribution >= 0.6 is 0 Å². The molecule has 0 bridgehead atoms. The Morgan fingerprint density at radius 1 is 0.472 bits per heavy atom. The molecule has 0 spiro atoms. The average Bonchev–Trinajstić information content (AvgIpc) is 3.52. The summed E-state index contributed by atoms with van der Waals surface area (Å²) >= 11 is 0. The van der Waals surface area contributed by atoms with E-state index in [0.29, 0.717) is 51.9 Å². The normalized spacial score (nSPS) is 33.6. The van der Waals surface area contributed by atoms with Gasteiger partial charge < -0.3 is 18.9 Å². The standard InChI is InChI=1S/C22H42N4O8S2/c1-5-9-13-23-17-18(24(14-10-6-2)35(23,27)28)32-21(31-17)22-33-19-20(34-22)26(16-12-8-4)36(29,30)25(19)15-11-7-3/h17-22H,5-16H2,1-4H3/t17-,18-,19+,20+. The van der Waals surface area contributed by atoms with Gasteiger partial charge in [0.05, 0.1) is 0 Å². The molecule has 4 aliphatic heterocycles. The first kappa shape index (κ1) is 28.6. The van der Waals surface area contributed by atoms with Gasteiger partial charge in [-0.15, -0.1) is 0 Å². The molecule has 0 amide bonds. The number of rotatable bonds is 13. The van der Waals surface area contributed by atoms with Crippen LogP contribution in [0.2, 0.25) is 0 Å². The van der Waals surface area contributed by atoms with Crippen LogP contribution < -0.4 is 0 Å². The molecule has 0 aliphatic carbocycles. The molecule has 0 aromatic rings. The van der Waals surface area contributed by atoms with Gasteiger partial charge in [0.15, 0.2) is 24.9 Å². The zero-order valence-corrected chi connectivity index (χ0v) is 23.5. The Balaban J connectivity index is 1.52. The highest BCUT2D eigenvalue weighted by Gasteiger charge is 2.63. The second-order valence-electron chi connectivity index (χ2n) is 9.72. The van der Waals surface area contributed by atoms with Crippen LogP contribution in [0, 0.1) is 0 Å².